The van der Waals surface area contributed by atoms with Crippen LogP contribution in [0.15, 0.2) is 85.1 Å². The predicted octanol–water partition coefficient (Wildman–Crippen LogP) is 3.57. The van der Waals surface area contributed by atoms with E-state index < -0.39 is 0 Å². The Hall–Kier alpha value is -2.61. The van der Waals surface area contributed by atoms with Crippen LogP contribution in [-0.4, -0.2) is 27.1 Å². The molecule has 0 N–H and O–H groups in total. The van der Waals surface area contributed by atoms with Crippen LogP contribution in [0.4, 0.5) is 0 Å². The Balaban J connectivity index is 1.86. The van der Waals surface area contributed by atoms with Crippen LogP contribution in [0.2, 0.25) is 0 Å². The summed E-state index contributed by atoms with van der Waals surface area (Å²) in [6.07, 6.45) is 1.98. The SMILES string of the molecule is COc1ccc([Se]c2c(-c3ccccc3)ncc3ccccc23)cc1. The summed E-state index contributed by atoms with van der Waals surface area (Å²) >= 11 is 0.158. The van der Waals surface area contributed by atoms with E-state index in [1.165, 1.54) is 25.3 Å². The van der Waals surface area contributed by atoms with Crippen molar-refractivity contribution in [2.24, 2.45) is 0 Å². The molecular weight excluding hydrogens is 373 g/mol. The van der Waals surface area contributed by atoms with Gasteiger partial charge >= 0.3 is 154 Å². The Labute approximate surface area is 153 Å². The molecule has 0 atom stereocenters. The number of fused-ring (bicyclic) bond motifs is 1. The van der Waals surface area contributed by atoms with Crippen LogP contribution in [0, 0.1) is 0 Å². The molecule has 25 heavy (non-hydrogen) atoms. The number of pyridine rings is 1. The topological polar surface area (TPSA) is 22.1 Å². The molecule has 0 aliphatic rings. The summed E-state index contributed by atoms with van der Waals surface area (Å²) in [6, 6.07) is 27.3. The molecule has 0 fully saturated rings. The van der Waals surface area contributed by atoms with Crippen molar-refractivity contribution in [1.29, 1.82) is 0 Å². The molecule has 0 spiro atoms. The Bertz CT molecular complexity index is 997. The average molecular weight is 390 g/mol. The van der Waals surface area contributed by atoms with Crippen LogP contribution in [0.3, 0.4) is 0 Å². The molecule has 122 valence electrons. The summed E-state index contributed by atoms with van der Waals surface area (Å²) in [5, 5.41) is 2.47. The van der Waals surface area contributed by atoms with Crippen molar-refractivity contribution in [1.82, 2.24) is 4.98 Å². The molecular formula is C22H17NOSe. The van der Waals surface area contributed by atoms with E-state index in [9.17, 15) is 0 Å². The van der Waals surface area contributed by atoms with Gasteiger partial charge in [0, 0.05) is 0 Å². The zero-order chi connectivity index (χ0) is 17.1. The Kier molecular flexibility index (Phi) is 4.51. The summed E-state index contributed by atoms with van der Waals surface area (Å²) in [7, 11) is 1.70. The summed E-state index contributed by atoms with van der Waals surface area (Å²) < 4.78 is 7.91. The maximum absolute atomic E-state index is 5.28. The quantitative estimate of drug-likeness (QED) is 0.497. The summed E-state index contributed by atoms with van der Waals surface area (Å²) in [5.41, 5.74) is 2.24. The zero-order valence-electron chi connectivity index (χ0n) is 13.8. The Morgan fingerprint density at radius 1 is 0.800 bits per heavy atom. The van der Waals surface area contributed by atoms with Gasteiger partial charge in [0.2, 0.25) is 0 Å². The molecule has 4 aromatic rings. The first-order chi connectivity index (χ1) is 12.3. The molecule has 0 saturated carbocycles. The van der Waals surface area contributed by atoms with Crippen LogP contribution in [-0.2, 0) is 0 Å². The molecule has 0 bridgehead atoms. The van der Waals surface area contributed by atoms with Crippen molar-refractivity contribution < 1.29 is 4.74 Å². The fourth-order valence-corrected chi connectivity index (χ4v) is 5.05. The number of hydrogen-bond acceptors (Lipinski definition) is 2. The molecule has 0 saturated heterocycles. The van der Waals surface area contributed by atoms with Crippen molar-refractivity contribution in [3.63, 3.8) is 0 Å². The number of benzene rings is 3. The zero-order valence-corrected chi connectivity index (χ0v) is 15.6. The van der Waals surface area contributed by atoms with Gasteiger partial charge in [0.25, 0.3) is 0 Å². The van der Waals surface area contributed by atoms with E-state index in [2.05, 4.69) is 60.7 Å². The normalized spacial score (nSPS) is 10.8. The van der Waals surface area contributed by atoms with Crippen molar-refractivity contribution in [2.45, 2.75) is 0 Å². The molecule has 0 radical (unpaired) electrons. The van der Waals surface area contributed by atoms with Gasteiger partial charge in [-0.2, -0.15) is 0 Å². The number of rotatable bonds is 4. The molecule has 4 rings (SSSR count). The van der Waals surface area contributed by atoms with E-state index in [-0.39, 0.29) is 15.0 Å². The van der Waals surface area contributed by atoms with Gasteiger partial charge in [0.1, 0.15) is 0 Å². The van der Waals surface area contributed by atoms with E-state index in [1.54, 1.807) is 7.11 Å². The van der Waals surface area contributed by atoms with Gasteiger partial charge in [-0.15, -0.1) is 0 Å². The van der Waals surface area contributed by atoms with Crippen molar-refractivity contribution >= 4 is 34.7 Å². The summed E-state index contributed by atoms with van der Waals surface area (Å²) in [4.78, 5) is 4.80. The van der Waals surface area contributed by atoms with Gasteiger partial charge in [-0.25, -0.2) is 0 Å². The molecule has 0 aliphatic carbocycles. The third-order valence-corrected chi connectivity index (χ3v) is 6.44. The second-order valence-corrected chi connectivity index (χ2v) is 7.94. The summed E-state index contributed by atoms with van der Waals surface area (Å²) in [5.74, 6) is 0.888. The van der Waals surface area contributed by atoms with Gasteiger partial charge in [-0.05, 0) is 0 Å². The van der Waals surface area contributed by atoms with Crippen molar-refractivity contribution in [3.8, 4) is 17.0 Å². The first-order valence-corrected chi connectivity index (χ1v) is 9.81. The van der Waals surface area contributed by atoms with Gasteiger partial charge in [0.05, 0.1) is 0 Å². The molecule has 0 aliphatic heterocycles. The first kappa shape index (κ1) is 15.9. The Morgan fingerprint density at radius 3 is 2.28 bits per heavy atom. The number of methoxy groups -OCH3 is 1. The second kappa shape index (κ2) is 7.10. The number of nitrogens with zero attached hydrogens (tertiary/aromatic N) is 1. The number of aromatic nitrogens is 1. The average Bonchev–Trinajstić information content (AvgIpc) is 2.69. The molecule has 2 nitrogen and oxygen atoms in total. The van der Waals surface area contributed by atoms with Gasteiger partial charge in [0.15, 0.2) is 0 Å². The van der Waals surface area contributed by atoms with Gasteiger partial charge < -0.3 is 0 Å². The minimum absolute atomic E-state index is 0.158. The van der Waals surface area contributed by atoms with E-state index in [0.717, 1.165) is 11.4 Å². The van der Waals surface area contributed by atoms with E-state index in [0.29, 0.717) is 0 Å². The predicted molar refractivity (Wildman–Crippen MR) is 105 cm³/mol. The number of hydrogen-bond donors (Lipinski definition) is 0. The van der Waals surface area contributed by atoms with Crippen molar-refractivity contribution in [3.05, 3.63) is 85.1 Å². The molecule has 1 aromatic heterocycles. The second-order valence-electron chi connectivity index (χ2n) is 5.67. The fraction of sp³-hybridized carbons (Fsp3) is 0.0455. The van der Waals surface area contributed by atoms with Crippen LogP contribution in [0.5, 0.6) is 5.75 Å². The monoisotopic (exact) mass is 391 g/mol. The van der Waals surface area contributed by atoms with Crippen LogP contribution < -0.4 is 13.7 Å². The summed E-state index contributed by atoms with van der Waals surface area (Å²) in [6.45, 7) is 0. The molecule has 3 heteroatoms. The van der Waals surface area contributed by atoms with E-state index >= 15 is 0 Å². The minimum atomic E-state index is 0.158. The van der Waals surface area contributed by atoms with Gasteiger partial charge in [-0.1, -0.05) is 0 Å². The van der Waals surface area contributed by atoms with Crippen molar-refractivity contribution in [2.75, 3.05) is 7.11 Å². The standard InChI is InChI=1S/C22H17NOSe/c1-24-18-11-13-19(14-12-18)25-22-20-10-6-5-9-17(20)15-23-21(22)16-7-3-2-4-8-16/h2-15H,1H3. The van der Waals surface area contributed by atoms with E-state index in [1.807, 2.05) is 24.4 Å². The fourth-order valence-electron chi connectivity index (χ4n) is 2.80. The van der Waals surface area contributed by atoms with Gasteiger partial charge in [-0.3, -0.25) is 0 Å². The van der Waals surface area contributed by atoms with E-state index in [4.69, 9.17) is 9.72 Å². The molecule has 0 unspecified atom stereocenters. The third-order valence-electron chi connectivity index (χ3n) is 4.08. The van der Waals surface area contributed by atoms with Crippen LogP contribution in [0.1, 0.15) is 0 Å². The molecule has 1 heterocycles. The third kappa shape index (κ3) is 3.30. The van der Waals surface area contributed by atoms with Crippen LogP contribution >= 0.6 is 0 Å². The molecule has 0 amide bonds. The van der Waals surface area contributed by atoms with Crippen LogP contribution in [0.25, 0.3) is 22.0 Å². The maximum atomic E-state index is 5.28. The Morgan fingerprint density at radius 2 is 1.52 bits per heavy atom. The first-order valence-electron chi connectivity index (χ1n) is 8.10. The number of ether oxygens (including phenoxy) is 1. The molecule has 3 aromatic carbocycles.